The van der Waals surface area contributed by atoms with Gasteiger partial charge in [0.25, 0.3) is 0 Å². The number of ether oxygens (including phenoxy) is 1. The zero-order valence-corrected chi connectivity index (χ0v) is 9.20. The largest absolute Gasteiger partial charge is 0.494 e. The first-order chi connectivity index (χ1) is 7.67. The molecule has 3 nitrogen and oxygen atoms in total. The van der Waals surface area contributed by atoms with Gasteiger partial charge in [-0.2, -0.15) is 0 Å². The minimum absolute atomic E-state index is 0.00128. The maximum absolute atomic E-state index is 13.3. The third-order valence-electron chi connectivity index (χ3n) is 2.23. The average Bonchev–Trinajstić information content (AvgIpc) is 2.26. The summed E-state index contributed by atoms with van der Waals surface area (Å²) in [6.45, 7) is 0.00269. The van der Waals surface area contributed by atoms with Gasteiger partial charge in [-0.05, 0) is 24.1 Å². The van der Waals surface area contributed by atoms with Crippen LogP contribution in [0.15, 0.2) is 18.2 Å². The van der Waals surface area contributed by atoms with Gasteiger partial charge in [0.05, 0.1) is 7.11 Å². The number of benzene rings is 1. The second kappa shape index (κ2) is 6.23. The summed E-state index contributed by atoms with van der Waals surface area (Å²) in [6, 6.07) is 4.47. The summed E-state index contributed by atoms with van der Waals surface area (Å²) in [5.74, 6) is -0.292. The second-order valence-electron chi connectivity index (χ2n) is 3.51. The Morgan fingerprint density at radius 3 is 2.81 bits per heavy atom. The van der Waals surface area contributed by atoms with Crippen LogP contribution in [0.25, 0.3) is 0 Å². The number of aliphatic hydroxyl groups is 1. The molecular formula is C12H15FO3. The fraction of sp³-hybridized carbons (Fsp3) is 0.417. The maximum atomic E-state index is 13.3. The highest BCUT2D eigenvalue weighted by molar-refractivity contribution is 5.80. The predicted molar refractivity (Wildman–Crippen MR) is 58.0 cm³/mol. The van der Waals surface area contributed by atoms with E-state index in [1.807, 2.05) is 0 Å². The molecule has 0 aromatic heterocycles. The smallest absolute Gasteiger partial charge is 0.165 e. The van der Waals surface area contributed by atoms with Crippen LogP contribution in [0.5, 0.6) is 5.75 Å². The number of rotatable bonds is 6. The fourth-order valence-electron chi connectivity index (χ4n) is 1.41. The molecule has 0 aliphatic carbocycles. The number of hydrogen-bond acceptors (Lipinski definition) is 3. The topological polar surface area (TPSA) is 46.5 Å². The Balaban J connectivity index is 2.61. The maximum Gasteiger partial charge on any atom is 0.165 e. The summed E-state index contributed by atoms with van der Waals surface area (Å²) in [4.78, 5) is 11.4. The van der Waals surface area contributed by atoms with Crippen LogP contribution in [0.4, 0.5) is 4.39 Å². The normalized spacial score (nSPS) is 10.2. The van der Waals surface area contributed by atoms with E-state index in [9.17, 15) is 9.18 Å². The Morgan fingerprint density at radius 2 is 2.25 bits per heavy atom. The number of hydrogen-bond donors (Lipinski definition) is 1. The standard InChI is InChI=1S/C12H15FO3/c1-16-12-5-4-9(8-11(12)13)7-10(15)3-2-6-14/h4-5,8,14H,2-3,6-7H2,1H3. The van der Waals surface area contributed by atoms with Gasteiger partial charge in [0, 0.05) is 19.4 Å². The zero-order chi connectivity index (χ0) is 12.0. The lowest BCUT2D eigenvalue weighted by molar-refractivity contribution is -0.118. The molecule has 0 aliphatic rings. The van der Waals surface area contributed by atoms with Crippen molar-refractivity contribution < 1.29 is 19.0 Å². The third kappa shape index (κ3) is 3.62. The van der Waals surface area contributed by atoms with Gasteiger partial charge in [-0.15, -0.1) is 0 Å². The fourth-order valence-corrected chi connectivity index (χ4v) is 1.41. The van der Waals surface area contributed by atoms with Crippen molar-refractivity contribution in [2.45, 2.75) is 19.3 Å². The van der Waals surface area contributed by atoms with Crippen LogP contribution in [0, 0.1) is 5.82 Å². The Bertz CT molecular complexity index is 363. The lowest BCUT2D eigenvalue weighted by atomic mass is 10.1. The molecule has 0 saturated carbocycles. The van der Waals surface area contributed by atoms with Crippen molar-refractivity contribution in [3.63, 3.8) is 0 Å². The van der Waals surface area contributed by atoms with Gasteiger partial charge in [-0.1, -0.05) is 6.07 Å². The van der Waals surface area contributed by atoms with Crippen LogP contribution < -0.4 is 4.74 Å². The Morgan fingerprint density at radius 1 is 1.50 bits per heavy atom. The number of Topliss-reactive ketones (excluding diaryl/α,β-unsaturated/α-hetero) is 1. The zero-order valence-electron chi connectivity index (χ0n) is 9.20. The number of ketones is 1. The van der Waals surface area contributed by atoms with Crippen LogP contribution in [-0.2, 0) is 11.2 Å². The van der Waals surface area contributed by atoms with E-state index >= 15 is 0 Å². The van der Waals surface area contributed by atoms with Gasteiger partial charge in [0.2, 0.25) is 0 Å². The average molecular weight is 226 g/mol. The van der Waals surface area contributed by atoms with E-state index in [2.05, 4.69) is 0 Å². The number of carbonyl (C=O) groups excluding carboxylic acids is 1. The van der Waals surface area contributed by atoms with Crippen molar-refractivity contribution in [3.05, 3.63) is 29.6 Å². The molecule has 4 heteroatoms. The molecule has 0 radical (unpaired) electrons. The number of halogens is 1. The molecule has 1 N–H and O–H groups in total. The van der Waals surface area contributed by atoms with E-state index in [1.54, 1.807) is 6.07 Å². The molecule has 0 unspecified atom stereocenters. The molecule has 0 spiro atoms. The Kier molecular flexibility index (Phi) is 4.92. The minimum Gasteiger partial charge on any atom is -0.494 e. The molecule has 0 atom stereocenters. The van der Waals surface area contributed by atoms with Gasteiger partial charge in [-0.3, -0.25) is 4.79 Å². The van der Waals surface area contributed by atoms with Gasteiger partial charge in [-0.25, -0.2) is 4.39 Å². The molecule has 0 heterocycles. The van der Waals surface area contributed by atoms with Crippen molar-refractivity contribution in [2.75, 3.05) is 13.7 Å². The van der Waals surface area contributed by atoms with E-state index in [0.29, 0.717) is 18.4 Å². The van der Waals surface area contributed by atoms with E-state index in [-0.39, 0.29) is 24.6 Å². The molecule has 0 amide bonds. The molecule has 88 valence electrons. The minimum atomic E-state index is -0.463. The number of aliphatic hydroxyl groups excluding tert-OH is 1. The van der Waals surface area contributed by atoms with Gasteiger partial charge in [0.1, 0.15) is 5.78 Å². The number of methoxy groups -OCH3 is 1. The molecule has 0 bridgehead atoms. The van der Waals surface area contributed by atoms with Crippen molar-refractivity contribution >= 4 is 5.78 Å². The van der Waals surface area contributed by atoms with Crippen LogP contribution in [0.3, 0.4) is 0 Å². The van der Waals surface area contributed by atoms with Crippen molar-refractivity contribution in [1.82, 2.24) is 0 Å². The molecule has 1 aromatic rings. The molecule has 16 heavy (non-hydrogen) atoms. The summed E-state index contributed by atoms with van der Waals surface area (Å²) >= 11 is 0. The lowest BCUT2D eigenvalue weighted by Crippen LogP contribution is -2.04. The lowest BCUT2D eigenvalue weighted by Gasteiger charge is -2.04. The first-order valence-corrected chi connectivity index (χ1v) is 5.12. The summed E-state index contributed by atoms with van der Waals surface area (Å²) in [7, 11) is 1.39. The Labute approximate surface area is 93.9 Å². The van der Waals surface area contributed by atoms with Gasteiger partial charge < -0.3 is 9.84 Å². The predicted octanol–water partition coefficient (Wildman–Crippen LogP) is 1.72. The molecular weight excluding hydrogens is 211 g/mol. The first-order valence-electron chi connectivity index (χ1n) is 5.12. The number of carbonyl (C=O) groups is 1. The first kappa shape index (κ1) is 12.6. The van der Waals surface area contributed by atoms with E-state index in [1.165, 1.54) is 19.2 Å². The summed E-state index contributed by atoms with van der Waals surface area (Å²) < 4.78 is 18.1. The van der Waals surface area contributed by atoms with Crippen LogP contribution in [-0.4, -0.2) is 24.6 Å². The summed E-state index contributed by atoms with van der Waals surface area (Å²) in [5, 5.41) is 8.56. The third-order valence-corrected chi connectivity index (χ3v) is 2.23. The van der Waals surface area contributed by atoms with Gasteiger partial charge >= 0.3 is 0 Å². The Hall–Kier alpha value is -1.42. The monoisotopic (exact) mass is 226 g/mol. The SMILES string of the molecule is COc1ccc(CC(=O)CCCO)cc1F. The van der Waals surface area contributed by atoms with Crippen molar-refractivity contribution in [1.29, 1.82) is 0 Å². The summed E-state index contributed by atoms with van der Waals surface area (Å²) in [5.41, 5.74) is 0.626. The quantitative estimate of drug-likeness (QED) is 0.803. The van der Waals surface area contributed by atoms with Gasteiger partial charge in [0.15, 0.2) is 11.6 Å². The van der Waals surface area contributed by atoms with Crippen LogP contribution >= 0.6 is 0 Å². The van der Waals surface area contributed by atoms with Crippen LogP contribution in [0.2, 0.25) is 0 Å². The van der Waals surface area contributed by atoms with E-state index < -0.39 is 5.82 Å². The molecule has 1 aromatic carbocycles. The second-order valence-corrected chi connectivity index (χ2v) is 3.51. The molecule has 0 saturated heterocycles. The highest BCUT2D eigenvalue weighted by atomic mass is 19.1. The van der Waals surface area contributed by atoms with E-state index in [4.69, 9.17) is 9.84 Å². The molecule has 1 rings (SSSR count). The summed E-state index contributed by atoms with van der Waals surface area (Å²) in [6.07, 6.45) is 0.975. The highest BCUT2D eigenvalue weighted by Crippen LogP contribution is 2.18. The van der Waals surface area contributed by atoms with Crippen molar-refractivity contribution in [2.24, 2.45) is 0 Å². The van der Waals surface area contributed by atoms with Crippen molar-refractivity contribution in [3.8, 4) is 5.75 Å². The van der Waals surface area contributed by atoms with Crippen LogP contribution in [0.1, 0.15) is 18.4 Å². The molecule has 0 aliphatic heterocycles. The van der Waals surface area contributed by atoms with E-state index in [0.717, 1.165) is 0 Å². The highest BCUT2D eigenvalue weighted by Gasteiger charge is 2.07. The molecule has 0 fully saturated rings.